The predicted molar refractivity (Wildman–Crippen MR) is 146 cm³/mol. The number of rotatable bonds is 13. The number of amides is 3. The van der Waals surface area contributed by atoms with Crippen LogP contribution in [0.5, 0.6) is 0 Å². The van der Waals surface area contributed by atoms with E-state index in [2.05, 4.69) is 24.1 Å². The number of nitrogens with one attached hydrogen (secondary N) is 2. The molecule has 0 aliphatic heterocycles. The van der Waals surface area contributed by atoms with Crippen molar-refractivity contribution < 1.29 is 19.1 Å². The lowest BCUT2D eigenvalue weighted by molar-refractivity contribution is -0.142. The van der Waals surface area contributed by atoms with Gasteiger partial charge in [-0.05, 0) is 70.1 Å². The molecular formula is C29H47N3O4. The zero-order valence-corrected chi connectivity index (χ0v) is 23.6. The highest BCUT2D eigenvalue weighted by Crippen LogP contribution is 2.28. The minimum Gasteiger partial charge on any atom is -0.444 e. The lowest BCUT2D eigenvalue weighted by atomic mass is 9.94. The maximum absolute atomic E-state index is 14.0. The van der Waals surface area contributed by atoms with Crippen molar-refractivity contribution in [1.29, 1.82) is 0 Å². The van der Waals surface area contributed by atoms with Crippen LogP contribution < -0.4 is 10.6 Å². The summed E-state index contributed by atoms with van der Waals surface area (Å²) in [6, 6.07) is 4.07. The van der Waals surface area contributed by atoms with E-state index >= 15 is 0 Å². The molecule has 0 heterocycles. The summed E-state index contributed by atoms with van der Waals surface area (Å²) in [6.07, 6.45) is 4.29. The predicted octanol–water partition coefficient (Wildman–Crippen LogP) is 5.60. The van der Waals surface area contributed by atoms with E-state index in [0.29, 0.717) is 13.0 Å². The Hall–Kier alpha value is -2.83. The Labute approximate surface area is 218 Å². The summed E-state index contributed by atoms with van der Waals surface area (Å²) in [5.74, 6) is -0.457. The van der Waals surface area contributed by atoms with E-state index in [9.17, 15) is 14.4 Å². The van der Waals surface area contributed by atoms with Gasteiger partial charge in [-0.2, -0.15) is 0 Å². The van der Waals surface area contributed by atoms with Gasteiger partial charge in [-0.1, -0.05) is 57.9 Å². The third-order valence-electron chi connectivity index (χ3n) is 5.89. The molecule has 0 aliphatic carbocycles. The van der Waals surface area contributed by atoms with Gasteiger partial charge >= 0.3 is 6.09 Å². The second kappa shape index (κ2) is 14.7. The molecule has 3 amide bonds. The van der Waals surface area contributed by atoms with Gasteiger partial charge in [0.25, 0.3) is 0 Å². The number of carbonyl (C=O) groups excluding carboxylic acids is 3. The van der Waals surface area contributed by atoms with Crippen LogP contribution in [0.4, 0.5) is 4.79 Å². The van der Waals surface area contributed by atoms with E-state index < -0.39 is 23.8 Å². The molecule has 0 saturated heterocycles. The number of hydrogen-bond donors (Lipinski definition) is 2. The van der Waals surface area contributed by atoms with Crippen LogP contribution >= 0.6 is 0 Å². The van der Waals surface area contributed by atoms with Gasteiger partial charge in [-0.3, -0.25) is 9.59 Å². The SMILES string of the molecule is C=CCN(C(=O)C(CC(C)C)NC(=O)OC(C)(C)C)C(C(=O)NCCCCC)c1cccc(C)c1C. The van der Waals surface area contributed by atoms with E-state index in [1.807, 2.05) is 45.9 Å². The minimum atomic E-state index is -0.855. The van der Waals surface area contributed by atoms with Crippen LogP contribution in [-0.2, 0) is 14.3 Å². The van der Waals surface area contributed by atoms with E-state index in [4.69, 9.17) is 4.74 Å². The van der Waals surface area contributed by atoms with Crippen LogP contribution in [0, 0.1) is 19.8 Å². The Kier molecular flexibility index (Phi) is 12.7. The molecule has 1 aromatic carbocycles. The van der Waals surface area contributed by atoms with Crippen molar-refractivity contribution in [1.82, 2.24) is 15.5 Å². The molecule has 0 aromatic heterocycles. The van der Waals surface area contributed by atoms with Crippen molar-refractivity contribution in [2.24, 2.45) is 5.92 Å². The summed E-state index contributed by atoms with van der Waals surface area (Å²) in [6.45, 7) is 19.9. The molecule has 1 aromatic rings. The van der Waals surface area contributed by atoms with Gasteiger partial charge in [0.2, 0.25) is 11.8 Å². The third-order valence-corrected chi connectivity index (χ3v) is 5.89. The molecular weight excluding hydrogens is 454 g/mol. The molecule has 2 N–H and O–H groups in total. The number of ether oxygens (including phenoxy) is 1. The third kappa shape index (κ3) is 10.0. The van der Waals surface area contributed by atoms with Crippen LogP contribution in [0.3, 0.4) is 0 Å². The normalized spacial score (nSPS) is 13.0. The molecule has 7 heteroatoms. The van der Waals surface area contributed by atoms with E-state index in [0.717, 1.165) is 36.0 Å². The zero-order chi connectivity index (χ0) is 27.5. The molecule has 0 aliphatic rings. The van der Waals surface area contributed by atoms with Gasteiger partial charge in [0.05, 0.1) is 0 Å². The van der Waals surface area contributed by atoms with Crippen molar-refractivity contribution >= 4 is 17.9 Å². The first-order valence-corrected chi connectivity index (χ1v) is 13.1. The second-order valence-electron chi connectivity index (χ2n) is 10.8. The van der Waals surface area contributed by atoms with Crippen LogP contribution in [0.15, 0.2) is 30.9 Å². The van der Waals surface area contributed by atoms with Gasteiger partial charge in [0, 0.05) is 13.1 Å². The topological polar surface area (TPSA) is 87.7 Å². The molecule has 1 rings (SSSR count). The first-order valence-electron chi connectivity index (χ1n) is 13.1. The highest BCUT2D eigenvalue weighted by atomic mass is 16.6. The Bertz CT molecular complexity index is 889. The fraction of sp³-hybridized carbons (Fsp3) is 0.621. The average molecular weight is 502 g/mol. The van der Waals surface area contributed by atoms with E-state index in [1.165, 1.54) is 4.90 Å². The lowest BCUT2D eigenvalue weighted by Crippen LogP contribution is -2.53. The highest BCUT2D eigenvalue weighted by molar-refractivity contribution is 5.92. The fourth-order valence-electron chi connectivity index (χ4n) is 4.01. The van der Waals surface area contributed by atoms with Gasteiger partial charge < -0.3 is 20.3 Å². The summed E-state index contributed by atoms with van der Waals surface area (Å²) < 4.78 is 5.42. The standard InChI is InChI=1S/C29H47N3O4/c1-10-12-13-17-30-26(33)25(23-16-14-15-21(5)22(23)6)32(18-11-2)27(34)24(19-20(3)4)31-28(35)36-29(7,8)9/h11,14-16,20,24-25H,2,10,12-13,17-19H2,1,3-9H3,(H,30,33)(H,31,35). The van der Waals surface area contributed by atoms with Gasteiger partial charge in [0.1, 0.15) is 17.7 Å². The molecule has 2 atom stereocenters. The van der Waals surface area contributed by atoms with Crippen LogP contribution in [0.25, 0.3) is 0 Å². The molecule has 0 spiro atoms. The Morgan fingerprint density at radius 1 is 1.14 bits per heavy atom. The summed E-state index contributed by atoms with van der Waals surface area (Å²) >= 11 is 0. The number of aryl methyl sites for hydroxylation is 1. The van der Waals surface area contributed by atoms with Crippen LogP contribution in [0.1, 0.15) is 90.0 Å². The molecule has 7 nitrogen and oxygen atoms in total. The monoisotopic (exact) mass is 501 g/mol. The fourth-order valence-corrected chi connectivity index (χ4v) is 4.01. The largest absolute Gasteiger partial charge is 0.444 e. The number of benzene rings is 1. The molecule has 36 heavy (non-hydrogen) atoms. The molecule has 202 valence electrons. The summed E-state index contributed by atoms with van der Waals surface area (Å²) in [5, 5.41) is 5.79. The molecule has 2 unspecified atom stereocenters. The highest BCUT2D eigenvalue weighted by Gasteiger charge is 2.36. The quantitative estimate of drug-likeness (QED) is 0.272. The van der Waals surface area contributed by atoms with Crippen LogP contribution in [-0.4, -0.2) is 47.5 Å². The molecule has 0 saturated carbocycles. The maximum atomic E-state index is 14.0. The van der Waals surface area contributed by atoms with Gasteiger partial charge in [0.15, 0.2) is 0 Å². The van der Waals surface area contributed by atoms with Crippen molar-refractivity contribution in [3.8, 4) is 0 Å². The maximum Gasteiger partial charge on any atom is 0.408 e. The first-order chi connectivity index (χ1) is 16.8. The van der Waals surface area contributed by atoms with E-state index in [-0.39, 0.29) is 24.3 Å². The van der Waals surface area contributed by atoms with Crippen molar-refractivity contribution in [3.05, 3.63) is 47.5 Å². The van der Waals surface area contributed by atoms with E-state index in [1.54, 1.807) is 26.8 Å². The first kappa shape index (κ1) is 31.2. The van der Waals surface area contributed by atoms with Gasteiger partial charge in [-0.15, -0.1) is 6.58 Å². The van der Waals surface area contributed by atoms with Crippen molar-refractivity contribution in [2.45, 2.75) is 98.8 Å². The van der Waals surface area contributed by atoms with Crippen molar-refractivity contribution in [2.75, 3.05) is 13.1 Å². The molecule has 0 radical (unpaired) electrons. The smallest absolute Gasteiger partial charge is 0.408 e. The number of carbonyl (C=O) groups is 3. The Balaban J connectivity index is 3.45. The molecule has 0 bridgehead atoms. The number of hydrogen-bond acceptors (Lipinski definition) is 4. The lowest BCUT2D eigenvalue weighted by Gasteiger charge is -2.35. The average Bonchev–Trinajstić information content (AvgIpc) is 2.76. The summed E-state index contributed by atoms with van der Waals surface area (Å²) in [7, 11) is 0. The minimum absolute atomic E-state index is 0.126. The molecule has 0 fully saturated rings. The van der Waals surface area contributed by atoms with Gasteiger partial charge in [-0.25, -0.2) is 4.79 Å². The van der Waals surface area contributed by atoms with Crippen LogP contribution in [0.2, 0.25) is 0 Å². The van der Waals surface area contributed by atoms with Crippen molar-refractivity contribution in [3.63, 3.8) is 0 Å². The number of unbranched alkanes of at least 4 members (excludes halogenated alkanes) is 2. The number of nitrogens with zero attached hydrogens (tertiary/aromatic N) is 1. The Morgan fingerprint density at radius 3 is 2.36 bits per heavy atom. The number of alkyl carbamates (subject to hydrolysis) is 1. The summed E-state index contributed by atoms with van der Waals surface area (Å²) in [4.78, 5) is 41.7. The zero-order valence-electron chi connectivity index (χ0n) is 23.6. The second-order valence-corrected chi connectivity index (χ2v) is 10.8. The summed E-state index contributed by atoms with van der Waals surface area (Å²) in [5.41, 5.74) is 2.05. The Morgan fingerprint density at radius 2 is 1.81 bits per heavy atom.